The molecule has 0 amide bonds. The van der Waals surface area contributed by atoms with Crippen molar-refractivity contribution in [2.75, 3.05) is 0 Å². The highest BCUT2D eigenvalue weighted by Gasteiger charge is 2.60. The normalized spacial score (nSPS) is 47.6. The highest BCUT2D eigenvalue weighted by molar-refractivity contribution is 5.26. The van der Waals surface area contributed by atoms with E-state index < -0.39 is 5.60 Å². The maximum Gasteiger partial charge on any atom is 0.130 e. The second-order valence-electron chi connectivity index (χ2n) is 7.93. The maximum absolute atomic E-state index is 10.9. The molecule has 0 aromatic heterocycles. The molecule has 3 rings (SSSR count). The molecule has 0 aliphatic heterocycles. The summed E-state index contributed by atoms with van der Waals surface area (Å²) in [5.74, 6) is 4.70. The Morgan fingerprint density at radius 3 is 2.83 bits per heavy atom. The Balaban J connectivity index is 1.89. The number of fused-ring (bicyclic) bond motifs is 3. The molecule has 2 saturated carbocycles. The lowest BCUT2D eigenvalue weighted by Gasteiger charge is -2.50. The van der Waals surface area contributed by atoms with E-state index in [1.807, 2.05) is 0 Å². The quantitative estimate of drug-likeness (QED) is 0.645. The Morgan fingerprint density at radius 2 is 2.09 bits per heavy atom. The van der Waals surface area contributed by atoms with Crippen molar-refractivity contribution in [1.29, 1.82) is 0 Å². The fourth-order valence-electron chi connectivity index (χ4n) is 5.39. The zero-order valence-electron chi connectivity index (χ0n) is 14.1. The summed E-state index contributed by atoms with van der Waals surface area (Å²) in [6.45, 7) is 6.28. The lowest BCUT2D eigenvalue weighted by atomic mass is 9.55. The van der Waals surface area contributed by atoms with Crippen molar-refractivity contribution in [3.63, 3.8) is 0 Å². The van der Waals surface area contributed by atoms with Crippen LogP contribution in [0.25, 0.3) is 0 Å². The fourth-order valence-corrected chi connectivity index (χ4v) is 5.39. The van der Waals surface area contributed by atoms with Crippen LogP contribution in [0.4, 0.5) is 0 Å². The molecular formula is C21H28O2. The van der Waals surface area contributed by atoms with Gasteiger partial charge in [-0.25, -0.2) is 0 Å². The zero-order chi connectivity index (χ0) is 16.7. The van der Waals surface area contributed by atoms with Gasteiger partial charge in [-0.1, -0.05) is 31.1 Å². The molecule has 2 nitrogen and oxygen atoms in total. The zero-order valence-corrected chi connectivity index (χ0v) is 14.1. The van der Waals surface area contributed by atoms with Crippen LogP contribution < -0.4 is 0 Å². The van der Waals surface area contributed by atoms with E-state index >= 15 is 0 Å². The minimum Gasteiger partial charge on any atom is -0.508 e. The number of terminal acetylenes is 1. The van der Waals surface area contributed by atoms with Gasteiger partial charge in [0.1, 0.15) is 11.4 Å². The second kappa shape index (κ2) is 5.87. The average molecular weight is 312 g/mol. The van der Waals surface area contributed by atoms with Crippen molar-refractivity contribution in [1.82, 2.24) is 0 Å². The summed E-state index contributed by atoms with van der Waals surface area (Å²) in [4.78, 5) is 0. The first-order valence-electron chi connectivity index (χ1n) is 8.85. The van der Waals surface area contributed by atoms with Crippen LogP contribution in [0.5, 0.6) is 0 Å². The lowest BCUT2D eigenvalue weighted by molar-refractivity contribution is -0.0730. The first kappa shape index (κ1) is 16.4. The van der Waals surface area contributed by atoms with Crippen molar-refractivity contribution >= 4 is 0 Å². The van der Waals surface area contributed by atoms with Gasteiger partial charge < -0.3 is 10.2 Å². The molecule has 0 aromatic carbocycles. The predicted molar refractivity (Wildman–Crippen MR) is 93.7 cm³/mol. The van der Waals surface area contributed by atoms with Gasteiger partial charge in [-0.2, -0.15) is 0 Å². The lowest BCUT2D eigenvalue weighted by Crippen LogP contribution is -2.49. The molecule has 2 fully saturated rings. The third kappa shape index (κ3) is 2.66. The highest BCUT2D eigenvalue weighted by atomic mass is 16.3. The van der Waals surface area contributed by atoms with Gasteiger partial charge in [-0.05, 0) is 74.9 Å². The summed E-state index contributed by atoms with van der Waals surface area (Å²) in [7, 11) is 0. The van der Waals surface area contributed by atoms with Crippen molar-refractivity contribution < 1.29 is 10.2 Å². The monoisotopic (exact) mass is 312 g/mol. The Labute approximate surface area is 140 Å². The van der Waals surface area contributed by atoms with Crippen LogP contribution in [0.1, 0.15) is 51.9 Å². The summed E-state index contributed by atoms with van der Waals surface area (Å²) in [5.41, 5.74) is -0.121. The second-order valence-corrected chi connectivity index (χ2v) is 7.93. The molecule has 2 N–H and O–H groups in total. The Bertz CT molecular complexity index is 593. The van der Waals surface area contributed by atoms with Crippen molar-refractivity contribution in [2.24, 2.45) is 23.2 Å². The van der Waals surface area contributed by atoms with E-state index in [2.05, 4.69) is 25.5 Å². The number of hydrogen-bond acceptors (Lipinski definition) is 2. The molecule has 0 unspecified atom stereocenters. The SMILES string of the molecule is C#C[C@]1(O)CC[C@H]2[C@@H]3CCC(=C)/C=C(O)\C=C/C[C@H]3CC[C@@]21C. The van der Waals surface area contributed by atoms with E-state index in [9.17, 15) is 10.2 Å². The van der Waals surface area contributed by atoms with Gasteiger partial charge in [0, 0.05) is 5.41 Å². The van der Waals surface area contributed by atoms with Gasteiger partial charge in [0.25, 0.3) is 0 Å². The Morgan fingerprint density at radius 1 is 1.30 bits per heavy atom. The van der Waals surface area contributed by atoms with E-state index in [0.717, 1.165) is 50.5 Å². The van der Waals surface area contributed by atoms with Gasteiger partial charge in [0.15, 0.2) is 0 Å². The molecule has 0 bridgehead atoms. The highest BCUT2D eigenvalue weighted by Crippen LogP contribution is 2.61. The fraction of sp³-hybridized carbons (Fsp3) is 0.619. The number of aliphatic hydroxyl groups excluding tert-OH is 1. The smallest absolute Gasteiger partial charge is 0.130 e. The van der Waals surface area contributed by atoms with Crippen molar-refractivity contribution in [3.05, 3.63) is 36.1 Å². The van der Waals surface area contributed by atoms with Crippen LogP contribution in [-0.2, 0) is 0 Å². The molecule has 124 valence electrons. The molecule has 2 heteroatoms. The van der Waals surface area contributed by atoms with Crippen LogP contribution in [0.2, 0.25) is 0 Å². The Hall–Kier alpha value is -1.46. The van der Waals surface area contributed by atoms with Crippen molar-refractivity contribution in [3.8, 4) is 12.3 Å². The summed E-state index contributed by atoms with van der Waals surface area (Å²) in [5, 5.41) is 20.8. The van der Waals surface area contributed by atoms with Gasteiger partial charge in [0.05, 0.1) is 0 Å². The van der Waals surface area contributed by atoms with Gasteiger partial charge in [-0.3, -0.25) is 0 Å². The van der Waals surface area contributed by atoms with Crippen molar-refractivity contribution in [2.45, 2.75) is 57.5 Å². The third-order valence-corrected chi connectivity index (χ3v) is 6.85. The topological polar surface area (TPSA) is 40.5 Å². The first-order chi connectivity index (χ1) is 10.9. The number of allylic oxidation sites excluding steroid dienone is 4. The van der Waals surface area contributed by atoms with Crippen LogP contribution >= 0.6 is 0 Å². The molecule has 0 heterocycles. The number of hydrogen-bond donors (Lipinski definition) is 2. The molecule has 0 radical (unpaired) electrons. The van der Waals surface area contributed by atoms with E-state index in [1.54, 1.807) is 12.2 Å². The number of aliphatic hydroxyl groups is 2. The van der Waals surface area contributed by atoms with Gasteiger partial charge in [-0.15, -0.1) is 6.42 Å². The molecule has 3 aliphatic rings. The molecule has 3 aliphatic carbocycles. The minimum absolute atomic E-state index is 0.157. The molecule has 23 heavy (non-hydrogen) atoms. The summed E-state index contributed by atoms with van der Waals surface area (Å²) in [6.07, 6.45) is 18.2. The standard InChI is InChI=1S/C21H28O2/c1-4-21(23)13-11-19-18-9-8-15(2)14-17(22)7-5-6-16(18)10-12-20(19,21)3/h1,5,7,14,16,18-19,22-23H,2,6,8-13H2,3H3/b7-5-,17-14+/t16-,18+,19-,20-,21-/m0/s1. The van der Waals surface area contributed by atoms with E-state index in [1.165, 1.54) is 0 Å². The predicted octanol–water partition coefficient (Wildman–Crippen LogP) is 4.53. The molecule has 0 spiro atoms. The van der Waals surface area contributed by atoms with Gasteiger partial charge >= 0.3 is 0 Å². The maximum atomic E-state index is 10.9. The average Bonchev–Trinajstić information content (AvgIpc) is 2.78. The molecule has 5 atom stereocenters. The van der Waals surface area contributed by atoms with E-state index in [0.29, 0.717) is 23.5 Å². The Kier molecular flexibility index (Phi) is 4.19. The first-order valence-corrected chi connectivity index (χ1v) is 8.85. The van der Waals surface area contributed by atoms with E-state index in [-0.39, 0.29) is 5.41 Å². The van der Waals surface area contributed by atoms with E-state index in [4.69, 9.17) is 6.42 Å². The summed E-state index contributed by atoms with van der Waals surface area (Å²) >= 11 is 0. The van der Waals surface area contributed by atoms with Crippen LogP contribution in [0.3, 0.4) is 0 Å². The third-order valence-electron chi connectivity index (χ3n) is 6.85. The molecule has 0 aromatic rings. The largest absolute Gasteiger partial charge is 0.508 e. The number of rotatable bonds is 0. The molecular weight excluding hydrogens is 284 g/mol. The van der Waals surface area contributed by atoms with Crippen LogP contribution in [0, 0.1) is 35.5 Å². The van der Waals surface area contributed by atoms with Crippen LogP contribution in [0.15, 0.2) is 36.1 Å². The minimum atomic E-state index is -0.941. The van der Waals surface area contributed by atoms with Gasteiger partial charge in [0.2, 0.25) is 0 Å². The summed E-state index contributed by atoms with van der Waals surface area (Å²) in [6, 6.07) is 0. The van der Waals surface area contributed by atoms with Crippen LogP contribution in [-0.4, -0.2) is 15.8 Å². The summed E-state index contributed by atoms with van der Waals surface area (Å²) < 4.78 is 0. The molecule has 0 saturated heterocycles.